The Morgan fingerprint density at radius 1 is 1.04 bits per heavy atom. The molecule has 1 aliphatic rings. The van der Waals surface area contributed by atoms with Crippen molar-refractivity contribution in [1.82, 2.24) is 10.2 Å². The van der Waals surface area contributed by atoms with Crippen LogP contribution in [0.1, 0.15) is 60.7 Å². The summed E-state index contributed by atoms with van der Waals surface area (Å²) in [5, 5.41) is 2.78. The topological polar surface area (TPSA) is 92.8 Å². The van der Waals surface area contributed by atoms with Crippen LogP contribution in [-0.2, 0) is 14.3 Å². The number of hydrogen-bond acceptors (Lipinski definition) is 5. The molecule has 7 nitrogen and oxygen atoms in total. The quantitative estimate of drug-likeness (QED) is 0.528. The Balaban J connectivity index is 1.72. The smallest absolute Gasteiger partial charge is 0.308 e. The Morgan fingerprint density at radius 3 is 2.19 bits per heavy atom. The van der Waals surface area contributed by atoms with E-state index < -0.39 is 17.8 Å². The molecule has 1 heterocycles. The van der Waals surface area contributed by atoms with Crippen LogP contribution in [0.25, 0.3) is 0 Å². The van der Waals surface area contributed by atoms with E-state index in [-0.39, 0.29) is 31.5 Å². The number of esters is 1. The van der Waals surface area contributed by atoms with Crippen LogP contribution in [0.2, 0.25) is 0 Å². The summed E-state index contributed by atoms with van der Waals surface area (Å²) >= 11 is 0. The normalized spacial score (nSPS) is 14.3. The lowest BCUT2D eigenvalue weighted by molar-refractivity contribution is -0.148. The van der Waals surface area contributed by atoms with Crippen molar-refractivity contribution < 1.29 is 23.9 Å². The predicted octanol–water partition coefficient (Wildman–Crippen LogP) is 2.16. The Hall–Kier alpha value is -2.70. The maximum atomic E-state index is 12.2. The van der Waals surface area contributed by atoms with Gasteiger partial charge in [-0.2, -0.15) is 0 Å². The second-order valence-corrected chi connectivity index (χ2v) is 7.16. The van der Waals surface area contributed by atoms with Gasteiger partial charge in [0.05, 0.1) is 17.5 Å². The molecule has 0 radical (unpaired) electrons. The Bertz CT molecular complexity index is 694. The summed E-state index contributed by atoms with van der Waals surface area (Å²) in [4.78, 5) is 49.1. The van der Waals surface area contributed by atoms with Crippen molar-refractivity contribution in [3.05, 3.63) is 35.4 Å². The minimum absolute atomic E-state index is 0.0111. The standard InChI is InChI=1S/C20H26N2O5/c1-13(2)8-9-14(3)21-17(23)12-27-18(24)10-11-22-19(25)15-6-4-5-7-16(15)20(22)26/h4-7,13-14H,8-12H2,1-3H3,(H,21,23)/t14-/m1/s1. The Labute approximate surface area is 159 Å². The van der Waals surface area contributed by atoms with Crippen molar-refractivity contribution >= 4 is 23.7 Å². The first-order chi connectivity index (χ1) is 12.8. The highest BCUT2D eigenvalue weighted by Gasteiger charge is 2.35. The monoisotopic (exact) mass is 374 g/mol. The minimum Gasteiger partial charge on any atom is -0.456 e. The summed E-state index contributed by atoms with van der Waals surface area (Å²) in [6.07, 6.45) is 1.71. The summed E-state index contributed by atoms with van der Waals surface area (Å²) in [6, 6.07) is 6.54. The largest absolute Gasteiger partial charge is 0.456 e. The van der Waals surface area contributed by atoms with Gasteiger partial charge in [0.2, 0.25) is 0 Å². The molecule has 0 saturated carbocycles. The molecule has 2 rings (SSSR count). The van der Waals surface area contributed by atoms with Gasteiger partial charge in [0.1, 0.15) is 0 Å². The molecule has 27 heavy (non-hydrogen) atoms. The summed E-state index contributed by atoms with van der Waals surface area (Å²) < 4.78 is 4.94. The number of rotatable bonds is 9. The van der Waals surface area contributed by atoms with E-state index in [0.29, 0.717) is 17.0 Å². The van der Waals surface area contributed by atoms with E-state index in [1.807, 2.05) is 6.92 Å². The van der Waals surface area contributed by atoms with Gasteiger partial charge < -0.3 is 10.1 Å². The molecule has 0 bridgehead atoms. The highest BCUT2D eigenvalue weighted by atomic mass is 16.5. The zero-order chi connectivity index (χ0) is 20.0. The number of fused-ring (bicyclic) bond motifs is 1. The third-order valence-corrected chi connectivity index (χ3v) is 4.37. The zero-order valence-corrected chi connectivity index (χ0v) is 16.0. The van der Waals surface area contributed by atoms with Gasteiger partial charge >= 0.3 is 5.97 Å². The van der Waals surface area contributed by atoms with Gasteiger partial charge in [-0.3, -0.25) is 24.1 Å². The molecule has 1 N–H and O–H groups in total. The second-order valence-electron chi connectivity index (χ2n) is 7.16. The number of nitrogens with zero attached hydrogens (tertiary/aromatic N) is 1. The lowest BCUT2D eigenvalue weighted by Gasteiger charge is -2.15. The maximum Gasteiger partial charge on any atom is 0.308 e. The fourth-order valence-corrected chi connectivity index (χ4v) is 2.84. The number of ether oxygens (including phenoxy) is 1. The van der Waals surface area contributed by atoms with Gasteiger partial charge in [0, 0.05) is 12.6 Å². The number of benzene rings is 1. The number of imide groups is 1. The molecule has 0 unspecified atom stereocenters. The minimum atomic E-state index is -0.628. The van der Waals surface area contributed by atoms with Crippen molar-refractivity contribution in [3.8, 4) is 0 Å². The molecule has 1 aromatic rings. The summed E-state index contributed by atoms with van der Waals surface area (Å²) in [5.41, 5.74) is 0.677. The van der Waals surface area contributed by atoms with E-state index in [2.05, 4.69) is 19.2 Å². The first-order valence-corrected chi connectivity index (χ1v) is 9.19. The molecule has 0 aromatic heterocycles. The number of amides is 3. The molecule has 0 saturated heterocycles. The van der Waals surface area contributed by atoms with E-state index in [1.165, 1.54) is 0 Å². The van der Waals surface area contributed by atoms with E-state index in [1.54, 1.807) is 24.3 Å². The highest BCUT2D eigenvalue weighted by Crippen LogP contribution is 2.22. The molecule has 1 aliphatic heterocycles. The first-order valence-electron chi connectivity index (χ1n) is 9.19. The van der Waals surface area contributed by atoms with Crippen LogP contribution in [0.5, 0.6) is 0 Å². The Morgan fingerprint density at radius 2 is 1.63 bits per heavy atom. The third kappa shape index (κ3) is 5.64. The summed E-state index contributed by atoms with van der Waals surface area (Å²) in [5.74, 6) is -1.26. The number of hydrogen-bond donors (Lipinski definition) is 1. The van der Waals surface area contributed by atoms with Crippen molar-refractivity contribution in [2.24, 2.45) is 5.92 Å². The SMILES string of the molecule is CC(C)CC[C@@H](C)NC(=O)COC(=O)CCN1C(=O)c2ccccc2C1=O. The molecule has 7 heteroatoms. The van der Waals surface area contributed by atoms with Crippen LogP contribution in [0.4, 0.5) is 0 Å². The molecule has 1 aromatic carbocycles. The average Bonchev–Trinajstić information content (AvgIpc) is 2.87. The molecule has 146 valence electrons. The molecule has 0 aliphatic carbocycles. The van der Waals surface area contributed by atoms with E-state index in [0.717, 1.165) is 17.7 Å². The third-order valence-electron chi connectivity index (χ3n) is 4.37. The van der Waals surface area contributed by atoms with Crippen molar-refractivity contribution in [2.75, 3.05) is 13.2 Å². The van der Waals surface area contributed by atoms with Gasteiger partial charge in [-0.1, -0.05) is 26.0 Å². The van der Waals surface area contributed by atoms with E-state index in [9.17, 15) is 19.2 Å². The molecule has 3 amide bonds. The number of nitrogens with one attached hydrogen (secondary N) is 1. The maximum absolute atomic E-state index is 12.2. The van der Waals surface area contributed by atoms with Gasteiger partial charge in [0.15, 0.2) is 6.61 Å². The molecular formula is C20H26N2O5. The lowest BCUT2D eigenvalue weighted by atomic mass is 10.0. The molecule has 1 atom stereocenters. The van der Waals surface area contributed by atoms with Crippen LogP contribution in [-0.4, -0.2) is 47.8 Å². The molecule has 0 fully saturated rings. The Kier molecular flexibility index (Phi) is 7.10. The van der Waals surface area contributed by atoms with Crippen LogP contribution < -0.4 is 5.32 Å². The molecular weight excluding hydrogens is 348 g/mol. The average molecular weight is 374 g/mol. The van der Waals surface area contributed by atoms with Crippen molar-refractivity contribution in [1.29, 1.82) is 0 Å². The molecule has 0 spiro atoms. The predicted molar refractivity (Wildman–Crippen MR) is 99.1 cm³/mol. The van der Waals surface area contributed by atoms with Crippen LogP contribution in [0, 0.1) is 5.92 Å². The van der Waals surface area contributed by atoms with Gasteiger partial charge in [-0.15, -0.1) is 0 Å². The van der Waals surface area contributed by atoms with Crippen LogP contribution >= 0.6 is 0 Å². The number of carbonyl (C=O) groups is 4. The van der Waals surface area contributed by atoms with E-state index >= 15 is 0 Å². The van der Waals surface area contributed by atoms with Crippen molar-refractivity contribution in [3.63, 3.8) is 0 Å². The van der Waals surface area contributed by atoms with Crippen LogP contribution in [0.3, 0.4) is 0 Å². The van der Waals surface area contributed by atoms with Crippen LogP contribution in [0.15, 0.2) is 24.3 Å². The highest BCUT2D eigenvalue weighted by molar-refractivity contribution is 6.21. The summed E-state index contributed by atoms with van der Waals surface area (Å²) in [7, 11) is 0. The zero-order valence-electron chi connectivity index (χ0n) is 16.0. The number of carbonyl (C=O) groups excluding carboxylic acids is 4. The van der Waals surface area contributed by atoms with Gasteiger partial charge in [0.25, 0.3) is 17.7 Å². The fourth-order valence-electron chi connectivity index (χ4n) is 2.84. The fraction of sp³-hybridized carbons (Fsp3) is 0.500. The second kappa shape index (κ2) is 9.30. The van der Waals surface area contributed by atoms with Gasteiger partial charge in [-0.05, 0) is 37.8 Å². The van der Waals surface area contributed by atoms with E-state index in [4.69, 9.17) is 4.74 Å². The van der Waals surface area contributed by atoms with Crippen molar-refractivity contribution in [2.45, 2.75) is 46.1 Å². The first kappa shape index (κ1) is 20.6. The van der Waals surface area contributed by atoms with Gasteiger partial charge in [-0.25, -0.2) is 0 Å². The lowest BCUT2D eigenvalue weighted by Crippen LogP contribution is -2.36. The summed E-state index contributed by atoms with van der Waals surface area (Å²) in [6.45, 7) is 5.70.